The number of thiophene rings is 1. The van der Waals surface area contributed by atoms with Crippen LogP contribution in [0.25, 0.3) is 11.1 Å². The molecule has 0 bridgehead atoms. The van der Waals surface area contributed by atoms with Crippen LogP contribution in [0.2, 0.25) is 0 Å². The summed E-state index contributed by atoms with van der Waals surface area (Å²) in [6, 6.07) is 11.5. The number of aryl methyl sites for hydroxylation is 1. The summed E-state index contributed by atoms with van der Waals surface area (Å²) in [5.74, 6) is -0.230. The molecule has 4 aromatic rings. The van der Waals surface area contributed by atoms with Crippen molar-refractivity contribution in [3.05, 3.63) is 90.6 Å². The lowest BCUT2D eigenvalue weighted by Crippen LogP contribution is -2.45. The van der Waals surface area contributed by atoms with E-state index >= 15 is 0 Å². The number of hydrogen-bond acceptors (Lipinski definition) is 7. The standard InChI is InChI=1S/C29H30N4O3S/c1-18-8-9-20(32-29(36)28-23(12-15-37-28)31-17-19-10-13-30-14-11-19)16-22(18)24-25(27(35)26(24)34)33(2)21-6-4-3-5-7-21/h8-16,21,31H,3-7,17H2,1-2H3,(H,32,36). The number of carbonyl (C=O) groups excluding carboxylic acids is 1. The second-order valence-electron chi connectivity index (χ2n) is 9.64. The van der Waals surface area contributed by atoms with Gasteiger partial charge >= 0.3 is 0 Å². The minimum absolute atomic E-state index is 0.230. The molecule has 8 heteroatoms. The van der Waals surface area contributed by atoms with Gasteiger partial charge in [-0.2, -0.15) is 0 Å². The van der Waals surface area contributed by atoms with E-state index in [0.717, 1.165) is 42.5 Å². The molecule has 1 amide bonds. The predicted molar refractivity (Wildman–Crippen MR) is 151 cm³/mol. The topological polar surface area (TPSA) is 91.4 Å². The smallest absolute Gasteiger partial charge is 0.267 e. The molecule has 37 heavy (non-hydrogen) atoms. The lowest BCUT2D eigenvalue weighted by Gasteiger charge is -2.34. The van der Waals surface area contributed by atoms with E-state index < -0.39 is 10.9 Å². The Kier molecular flexibility index (Phi) is 7.19. The van der Waals surface area contributed by atoms with Gasteiger partial charge in [0.25, 0.3) is 5.91 Å². The Morgan fingerprint density at radius 1 is 1.05 bits per heavy atom. The van der Waals surface area contributed by atoms with Crippen LogP contribution in [0.4, 0.5) is 17.1 Å². The molecule has 0 atom stereocenters. The maximum Gasteiger partial charge on any atom is 0.267 e. The Morgan fingerprint density at radius 2 is 1.81 bits per heavy atom. The fourth-order valence-corrected chi connectivity index (χ4v) is 5.86. The third-order valence-corrected chi connectivity index (χ3v) is 8.14. The normalized spacial score (nSPS) is 14.0. The van der Waals surface area contributed by atoms with Gasteiger partial charge in [-0.25, -0.2) is 0 Å². The highest BCUT2D eigenvalue weighted by Gasteiger charge is 2.30. The molecule has 7 nitrogen and oxygen atoms in total. The zero-order valence-electron chi connectivity index (χ0n) is 21.0. The van der Waals surface area contributed by atoms with Crippen LogP contribution in [0.1, 0.15) is 52.9 Å². The minimum Gasteiger partial charge on any atom is -0.380 e. The highest BCUT2D eigenvalue weighted by atomic mass is 32.1. The monoisotopic (exact) mass is 514 g/mol. The van der Waals surface area contributed by atoms with Crippen LogP contribution >= 0.6 is 11.3 Å². The molecule has 2 aromatic heterocycles. The van der Waals surface area contributed by atoms with E-state index in [1.807, 2.05) is 54.6 Å². The zero-order valence-corrected chi connectivity index (χ0v) is 21.9. The maximum atomic E-state index is 13.2. The summed E-state index contributed by atoms with van der Waals surface area (Å²) in [6.45, 7) is 2.50. The summed E-state index contributed by atoms with van der Waals surface area (Å²) in [5.41, 5.74) is 4.08. The highest BCUT2D eigenvalue weighted by Crippen LogP contribution is 2.34. The van der Waals surface area contributed by atoms with E-state index in [9.17, 15) is 14.4 Å². The van der Waals surface area contributed by atoms with Crippen LogP contribution in [-0.2, 0) is 6.54 Å². The van der Waals surface area contributed by atoms with Crippen molar-refractivity contribution < 1.29 is 4.79 Å². The van der Waals surface area contributed by atoms with E-state index in [1.54, 1.807) is 18.5 Å². The molecule has 1 saturated carbocycles. The van der Waals surface area contributed by atoms with Crippen molar-refractivity contribution in [1.82, 2.24) is 4.98 Å². The number of pyridine rings is 1. The summed E-state index contributed by atoms with van der Waals surface area (Å²) < 4.78 is 0. The van der Waals surface area contributed by atoms with Gasteiger partial charge in [-0.3, -0.25) is 19.4 Å². The highest BCUT2D eigenvalue weighted by molar-refractivity contribution is 7.12. The quantitative estimate of drug-likeness (QED) is 0.308. The number of nitrogens with one attached hydrogen (secondary N) is 2. The Morgan fingerprint density at radius 3 is 2.57 bits per heavy atom. The molecule has 1 aliphatic rings. The maximum absolute atomic E-state index is 13.2. The molecule has 5 rings (SSSR count). The third kappa shape index (κ3) is 5.06. The molecule has 0 aliphatic heterocycles. The fourth-order valence-electron chi connectivity index (χ4n) is 5.10. The molecule has 0 unspecified atom stereocenters. The van der Waals surface area contributed by atoms with Gasteiger partial charge in [-0.15, -0.1) is 11.3 Å². The molecule has 1 fully saturated rings. The van der Waals surface area contributed by atoms with Crippen molar-refractivity contribution in [1.29, 1.82) is 0 Å². The molecule has 190 valence electrons. The van der Waals surface area contributed by atoms with Crippen LogP contribution in [-0.4, -0.2) is 24.0 Å². The van der Waals surface area contributed by atoms with Gasteiger partial charge in [-0.05, 0) is 72.2 Å². The van der Waals surface area contributed by atoms with Gasteiger partial charge in [-0.1, -0.05) is 25.3 Å². The van der Waals surface area contributed by atoms with Gasteiger partial charge < -0.3 is 15.5 Å². The first-order chi connectivity index (χ1) is 17.9. The Balaban J connectivity index is 1.36. The van der Waals surface area contributed by atoms with Crippen molar-refractivity contribution in [3.63, 3.8) is 0 Å². The average Bonchev–Trinajstić information content (AvgIpc) is 3.41. The first kappa shape index (κ1) is 24.9. The SMILES string of the molecule is Cc1ccc(NC(=O)c2sccc2NCc2ccncc2)cc1-c1c(N(C)C2CCCCC2)c(=O)c1=O. The lowest BCUT2D eigenvalue weighted by molar-refractivity contribution is 0.103. The number of rotatable bonds is 8. The Hall–Kier alpha value is -3.78. The van der Waals surface area contributed by atoms with Crippen molar-refractivity contribution in [2.45, 2.75) is 51.6 Å². The minimum atomic E-state index is -0.454. The summed E-state index contributed by atoms with van der Waals surface area (Å²) in [7, 11) is 1.92. The van der Waals surface area contributed by atoms with Gasteiger partial charge in [0.1, 0.15) is 10.6 Å². The number of aromatic nitrogens is 1. The number of hydrogen-bond donors (Lipinski definition) is 2. The first-order valence-electron chi connectivity index (χ1n) is 12.6. The number of nitrogens with zero attached hydrogens (tertiary/aromatic N) is 2. The predicted octanol–water partition coefficient (Wildman–Crippen LogP) is 5.35. The Bertz CT molecular complexity index is 1480. The first-order valence-corrected chi connectivity index (χ1v) is 13.5. The van der Waals surface area contributed by atoms with E-state index in [4.69, 9.17) is 0 Å². The van der Waals surface area contributed by atoms with Crippen LogP contribution in [0.15, 0.2) is 63.8 Å². The Labute approximate surface area is 219 Å². The van der Waals surface area contributed by atoms with Crippen molar-refractivity contribution in [3.8, 4) is 11.1 Å². The lowest BCUT2D eigenvalue weighted by atomic mass is 9.90. The number of amides is 1. The number of carbonyl (C=O) groups is 1. The van der Waals surface area contributed by atoms with Crippen molar-refractivity contribution >= 4 is 34.3 Å². The van der Waals surface area contributed by atoms with E-state index in [1.165, 1.54) is 17.8 Å². The summed E-state index contributed by atoms with van der Waals surface area (Å²) in [5, 5.41) is 8.17. The second-order valence-corrected chi connectivity index (χ2v) is 10.6. The van der Waals surface area contributed by atoms with Crippen molar-refractivity contribution in [2.24, 2.45) is 0 Å². The summed E-state index contributed by atoms with van der Waals surface area (Å²) >= 11 is 1.36. The van der Waals surface area contributed by atoms with Crippen molar-refractivity contribution in [2.75, 3.05) is 22.6 Å². The van der Waals surface area contributed by atoms with Crippen LogP contribution < -0.4 is 26.4 Å². The van der Waals surface area contributed by atoms with E-state index in [-0.39, 0.29) is 11.9 Å². The zero-order chi connectivity index (χ0) is 25.9. The van der Waals surface area contributed by atoms with Gasteiger partial charge in [0.15, 0.2) is 0 Å². The van der Waals surface area contributed by atoms with Crippen LogP contribution in [0.5, 0.6) is 0 Å². The van der Waals surface area contributed by atoms with Gasteiger partial charge in [0, 0.05) is 37.7 Å². The molecule has 2 heterocycles. The van der Waals surface area contributed by atoms with Crippen LogP contribution in [0.3, 0.4) is 0 Å². The van der Waals surface area contributed by atoms with Crippen LogP contribution in [0, 0.1) is 6.92 Å². The summed E-state index contributed by atoms with van der Waals surface area (Å²) in [6.07, 6.45) is 9.03. The molecule has 1 aliphatic carbocycles. The molecule has 2 N–H and O–H groups in total. The van der Waals surface area contributed by atoms with Gasteiger partial charge in [0.2, 0.25) is 10.9 Å². The molecule has 0 radical (unpaired) electrons. The number of anilines is 3. The van der Waals surface area contributed by atoms with E-state index in [2.05, 4.69) is 15.6 Å². The second kappa shape index (κ2) is 10.7. The number of benzene rings is 1. The molecule has 2 aromatic carbocycles. The molecular weight excluding hydrogens is 484 g/mol. The molecule has 0 saturated heterocycles. The van der Waals surface area contributed by atoms with E-state index in [0.29, 0.717) is 33.9 Å². The molecular formula is C29H30N4O3S. The van der Waals surface area contributed by atoms with Gasteiger partial charge in [0.05, 0.1) is 11.3 Å². The summed E-state index contributed by atoms with van der Waals surface area (Å²) in [4.78, 5) is 45.1. The third-order valence-electron chi connectivity index (χ3n) is 7.23. The fraction of sp³-hybridized carbons (Fsp3) is 0.310. The average molecular weight is 515 g/mol. The molecule has 0 spiro atoms. The largest absolute Gasteiger partial charge is 0.380 e.